The van der Waals surface area contributed by atoms with Crippen LogP contribution in [0.4, 0.5) is 0 Å². The van der Waals surface area contributed by atoms with Crippen LogP contribution < -0.4 is 0 Å². The maximum atomic E-state index is 9.65. The molecule has 0 saturated heterocycles. The van der Waals surface area contributed by atoms with Gasteiger partial charge in [0.1, 0.15) is 0 Å². The van der Waals surface area contributed by atoms with Gasteiger partial charge in [0, 0.05) is 0 Å². The van der Waals surface area contributed by atoms with Crippen molar-refractivity contribution in [2.45, 2.75) is 13.0 Å². The van der Waals surface area contributed by atoms with Gasteiger partial charge in [-0.1, -0.05) is 0 Å². The Morgan fingerprint density at radius 3 is 2.00 bits per heavy atom. The summed E-state index contributed by atoms with van der Waals surface area (Å²) in [7, 11) is 0. The van der Waals surface area contributed by atoms with Crippen LogP contribution in [0.3, 0.4) is 0 Å². The normalized spacial score (nSPS) is 10.3. The second kappa shape index (κ2) is 8.86. The molecule has 0 aliphatic carbocycles. The van der Waals surface area contributed by atoms with Crippen LogP contribution in [0.2, 0.25) is 0 Å². The molecular weight excluding hydrogens is 180 g/mol. The molecular formula is C3H7O6Ti. The molecule has 0 fully saturated rings. The number of hydrogen-bond acceptors (Lipinski definition) is 4. The Balaban J connectivity index is 0. The summed E-state index contributed by atoms with van der Waals surface area (Å²) in [5.41, 5.74) is 0. The summed E-state index contributed by atoms with van der Waals surface area (Å²) in [6, 6.07) is 0. The first-order chi connectivity index (χ1) is 4.59. The molecule has 59 valence electrons. The summed E-state index contributed by atoms with van der Waals surface area (Å²) in [6.07, 6.45) is -1.13. The fourth-order valence-electron chi connectivity index (χ4n) is 0.0451. The van der Waals surface area contributed by atoms with Gasteiger partial charge >= 0.3 is 32.5 Å². The molecule has 0 heterocycles. The average Bonchev–Trinajstić information content (AvgIpc) is 1.88. The van der Waals surface area contributed by atoms with Crippen LogP contribution in [0.15, 0.2) is 0 Å². The zero-order chi connectivity index (χ0) is 8.57. The molecule has 0 spiro atoms. The molecule has 7 heteroatoms. The molecule has 0 amide bonds. The van der Waals surface area contributed by atoms with Crippen molar-refractivity contribution in [2.24, 2.45) is 0 Å². The molecule has 0 saturated carbocycles. The third-order valence-corrected chi connectivity index (χ3v) is 0.506. The third-order valence-electron chi connectivity index (χ3n) is 0.506. The molecule has 0 aliphatic heterocycles. The minimum atomic E-state index is -1.75. The van der Waals surface area contributed by atoms with Crippen molar-refractivity contribution in [2.75, 3.05) is 0 Å². The van der Waals surface area contributed by atoms with E-state index in [1.807, 2.05) is 0 Å². The summed E-state index contributed by atoms with van der Waals surface area (Å²) in [5, 5.41) is 15.5. The quantitative estimate of drug-likeness (QED) is 0.299. The van der Waals surface area contributed by atoms with Crippen LogP contribution in [0.5, 0.6) is 0 Å². The first-order valence-corrected chi connectivity index (χ1v) is 3.48. The first-order valence-electron chi connectivity index (χ1n) is 2.14. The zero-order valence-corrected chi connectivity index (χ0v) is 6.71. The Kier molecular flexibility index (Phi) is 11.1. The molecule has 3 N–H and O–H groups in total. The minimum absolute atomic E-state index is 1.13. The number of aliphatic carboxylic acids is 1. The van der Waals surface area contributed by atoms with Crippen molar-refractivity contribution in [3.63, 3.8) is 0 Å². The fourth-order valence-corrected chi connectivity index (χ4v) is 0.0451. The molecule has 1 unspecified atom stereocenters. The van der Waals surface area contributed by atoms with Crippen LogP contribution in [0, 0.1) is 0 Å². The van der Waals surface area contributed by atoms with Crippen LogP contribution in [-0.2, 0) is 32.5 Å². The molecule has 0 aromatic heterocycles. The third kappa shape index (κ3) is 10.8. The standard InChI is InChI=1S/C3H6O4.H2O.O.Ti/c1-2(7-6)3(4)5;;;/h2,6H,1H3,(H,4,5);1H2;;/q;;;+1/p-1. The van der Waals surface area contributed by atoms with E-state index in [0.717, 1.165) is 0 Å². The maximum absolute atomic E-state index is 9.65. The molecule has 0 aromatic rings. The van der Waals surface area contributed by atoms with Crippen LogP contribution >= 0.6 is 0 Å². The van der Waals surface area contributed by atoms with Gasteiger partial charge in [-0.05, 0) is 6.92 Å². The second-order valence-electron chi connectivity index (χ2n) is 1.18. The summed E-state index contributed by atoms with van der Waals surface area (Å²) in [6.45, 7) is 1.22. The van der Waals surface area contributed by atoms with Gasteiger partial charge < -0.3 is 5.11 Å². The van der Waals surface area contributed by atoms with E-state index in [4.69, 9.17) is 17.4 Å². The van der Waals surface area contributed by atoms with E-state index in [2.05, 4.69) is 4.89 Å². The number of carboxylic acid groups (broad SMARTS) is 1. The van der Waals surface area contributed by atoms with Crippen LogP contribution in [0.1, 0.15) is 6.92 Å². The topological polar surface area (TPSA) is 104 Å². The summed E-state index contributed by atoms with van der Waals surface area (Å²) in [5.74, 6) is -1.18. The fraction of sp³-hybridized carbons (Fsp3) is 0.667. The predicted molar refractivity (Wildman–Crippen MR) is 23.7 cm³/mol. The number of rotatable bonds is 2. The van der Waals surface area contributed by atoms with E-state index in [1.165, 1.54) is 6.92 Å². The molecule has 0 radical (unpaired) electrons. The predicted octanol–water partition coefficient (Wildman–Crippen LogP) is -0.729. The van der Waals surface area contributed by atoms with Gasteiger partial charge in [0.2, 0.25) is 0 Å². The van der Waals surface area contributed by atoms with Crippen LogP contribution in [0.25, 0.3) is 0 Å². The van der Waals surface area contributed by atoms with Gasteiger partial charge in [-0.2, -0.15) is 0 Å². The van der Waals surface area contributed by atoms with Crippen molar-refractivity contribution in [3.8, 4) is 0 Å². The Morgan fingerprint density at radius 1 is 1.70 bits per heavy atom. The average molecular weight is 187 g/mol. The van der Waals surface area contributed by atoms with E-state index in [9.17, 15) is 4.79 Å². The monoisotopic (exact) mass is 187 g/mol. The van der Waals surface area contributed by atoms with Crippen molar-refractivity contribution in [1.29, 1.82) is 0 Å². The zero-order valence-electron chi connectivity index (χ0n) is 5.14. The van der Waals surface area contributed by atoms with Gasteiger partial charge in [0.25, 0.3) is 0 Å². The summed E-state index contributed by atoms with van der Waals surface area (Å²) in [4.78, 5) is 13.1. The summed E-state index contributed by atoms with van der Waals surface area (Å²) >= 11 is -1.75. The van der Waals surface area contributed by atoms with E-state index >= 15 is 0 Å². The second-order valence-corrected chi connectivity index (χ2v) is 1.46. The van der Waals surface area contributed by atoms with Crippen molar-refractivity contribution in [1.82, 2.24) is 0 Å². The van der Waals surface area contributed by atoms with Crippen molar-refractivity contribution >= 4 is 5.97 Å². The molecule has 0 rings (SSSR count). The van der Waals surface area contributed by atoms with Gasteiger partial charge in [-0.15, -0.1) is 0 Å². The van der Waals surface area contributed by atoms with E-state index in [0.29, 0.717) is 0 Å². The number of carbonyl (C=O) groups is 1. The van der Waals surface area contributed by atoms with Gasteiger partial charge in [-0.25, -0.2) is 9.68 Å². The van der Waals surface area contributed by atoms with Gasteiger partial charge in [-0.3, -0.25) is 5.26 Å². The van der Waals surface area contributed by atoms with Crippen LogP contribution in [-0.4, -0.2) is 26.1 Å². The Labute approximate surface area is 66.1 Å². The molecule has 1 atom stereocenters. The molecule has 0 bridgehead atoms. The van der Waals surface area contributed by atoms with Gasteiger partial charge in [0.05, 0.1) is 0 Å². The number of carboxylic acids is 1. The number of hydrogen-bond donors (Lipinski definition) is 3. The van der Waals surface area contributed by atoms with E-state index < -0.39 is 31.6 Å². The Bertz CT molecular complexity index is 103. The summed E-state index contributed by atoms with van der Waals surface area (Å²) < 4.78 is 15.8. The van der Waals surface area contributed by atoms with E-state index in [1.54, 1.807) is 0 Å². The van der Waals surface area contributed by atoms with Crippen molar-refractivity contribution < 1.29 is 46.6 Å². The Hall–Kier alpha value is -0.136. The van der Waals surface area contributed by atoms with Gasteiger partial charge in [0.15, 0.2) is 6.10 Å². The SMILES string of the molecule is CC(OO)C(=O)O.[O]=[Ti][OH]. The van der Waals surface area contributed by atoms with E-state index in [-0.39, 0.29) is 0 Å². The first kappa shape index (κ1) is 12.5. The molecule has 10 heavy (non-hydrogen) atoms. The Morgan fingerprint density at radius 2 is 2.00 bits per heavy atom. The van der Waals surface area contributed by atoms with Crippen molar-refractivity contribution in [3.05, 3.63) is 0 Å². The molecule has 6 nitrogen and oxygen atoms in total. The molecule has 0 aromatic carbocycles. The molecule has 0 aliphatic rings.